The Balaban J connectivity index is 0.000000573. The fourth-order valence-electron chi connectivity index (χ4n) is 6.12. The number of hydrogen-bond donors (Lipinski definition) is 6. The molecule has 266 valence electrons. The molecule has 2 aliphatic rings. The highest BCUT2D eigenvalue weighted by Gasteiger charge is 2.21. The maximum atomic E-state index is 11.5. The third-order valence-electron chi connectivity index (χ3n) is 9.07. The van der Waals surface area contributed by atoms with Gasteiger partial charge in [-0.1, -0.05) is 25.3 Å². The van der Waals surface area contributed by atoms with Gasteiger partial charge in [-0.05, 0) is 98.2 Å². The van der Waals surface area contributed by atoms with E-state index in [0.29, 0.717) is 18.5 Å². The summed E-state index contributed by atoms with van der Waals surface area (Å²) in [6.07, 6.45) is 4.15. The molecule has 0 radical (unpaired) electrons. The molecule has 0 fully saturated rings. The van der Waals surface area contributed by atoms with Gasteiger partial charge in [0.15, 0.2) is 0 Å². The predicted octanol–water partition coefficient (Wildman–Crippen LogP) is 6.88. The minimum atomic E-state index is -0.961. The molecule has 0 unspecified atom stereocenters. The van der Waals surface area contributed by atoms with E-state index >= 15 is 0 Å². The van der Waals surface area contributed by atoms with Crippen LogP contribution in [0.2, 0.25) is 0 Å². The van der Waals surface area contributed by atoms with Gasteiger partial charge in [-0.2, -0.15) is 0 Å². The molecule has 3 aromatic heterocycles. The number of carboxylic acid groups (broad SMARTS) is 3. The van der Waals surface area contributed by atoms with Crippen LogP contribution in [-0.4, -0.2) is 65.5 Å². The van der Waals surface area contributed by atoms with Crippen molar-refractivity contribution in [3.05, 3.63) is 88.5 Å². The highest BCUT2D eigenvalue weighted by atomic mass is 16.4. The summed E-state index contributed by atoms with van der Waals surface area (Å²) < 4.78 is 0. The van der Waals surface area contributed by atoms with Crippen LogP contribution in [0, 0.1) is 13.8 Å². The molecule has 5 heterocycles. The van der Waals surface area contributed by atoms with Gasteiger partial charge in [0.2, 0.25) is 0 Å². The molecule has 12 heteroatoms. The highest BCUT2D eigenvalue weighted by Crippen LogP contribution is 2.36. The Morgan fingerprint density at radius 3 is 1.80 bits per heavy atom. The number of Topliss-reactive ketones (excluding diaryl/α,β-unsaturated/α-hetero) is 1. The third kappa shape index (κ3) is 8.65. The van der Waals surface area contributed by atoms with Gasteiger partial charge in [-0.25, -0.2) is 9.97 Å². The van der Waals surface area contributed by atoms with Crippen LogP contribution in [-0.2, 0) is 25.6 Å². The van der Waals surface area contributed by atoms with Gasteiger partial charge < -0.3 is 31.0 Å². The number of rotatable bonds is 12. The lowest BCUT2D eigenvalue weighted by atomic mass is 10.0. The molecule has 0 saturated heterocycles. The number of nitrogens with one attached hydrogen (secondary N) is 2. The zero-order valence-electron chi connectivity index (χ0n) is 29.3. The van der Waals surface area contributed by atoms with E-state index < -0.39 is 17.9 Å². The van der Waals surface area contributed by atoms with E-state index in [2.05, 4.69) is 23.1 Å². The summed E-state index contributed by atoms with van der Waals surface area (Å²) in [6.45, 7) is 16.0. The standard InChI is InChI=1S/C34H34N4O4.C5H9NO3/c1-7-21-17(3)25-13-26-19(5)23(9-11-33(39)40)31(37-26)16-32-24(10-12-34(41)42)20(6)28(38-32)15-30-22(8-2)18(4)27(36-30)14-29(21)35-25;6-3-4(7)1-2-5(8)9/h7-8,13-16,35,38H,1-2,9-12H2,3-6H3,(H,39,40)(H,41,42);1-3,6H2,(H,8,9). The first-order valence-electron chi connectivity index (χ1n) is 16.5. The Kier molecular flexibility index (Phi) is 12.1. The summed E-state index contributed by atoms with van der Waals surface area (Å²) in [5.41, 5.74) is 18.6. The molecule has 12 nitrogen and oxygen atoms in total. The molecule has 0 amide bonds. The number of fused-ring (bicyclic) bond motifs is 8. The normalized spacial score (nSPS) is 12.3. The smallest absolute Gasteiger partial charge is 0.303 e. The molecule has 8 bridgehead atoms. The number of nitrogens with zero attached hydrogens (tertiary/aromatic N) is 2. The lowest BCUT2D eigenvalue weighted by Gasteiger charge is -2.03. The number of allylic oxidation sites excluding steroid dienone is 5. The van der Waals surface area contributed by atoms with Gasteiger partial charge in [0.1, 0.15) is 5.78 Å². The molecule has 51 heavy (non-hydrogen) atoms. The van der Waals surface area contributed by atoms with Crippen molar-refractivity contribution in [3.8, 4) is 0 Å². The summed E-state index contributed by atoms with van der Waals surface area (Å²) in [5.74, 6) is -2.94. The monoisotopic (exact) mass is 693 g/mol. The van der Waals surface area contributed by atoms with E-state index in [0.717, 1.165) is 83.7 Å². The van der Waals surface area contributed by atoms with Crippen LogP contribution in [0.25, 0.3) is 50.4 Å². The lowest BCUT2D eigenvalue weighted by molar-refractivity contribution is -0.138. The number of aromatic nitrogens is 4. The predicted molar refractivity (Wildman–Crippen MR) is 199 cm³/mol. The molecule has 0 aromatic carbocycles. The summed E-state index contributed by atoms with van der Waals surface area (Å²) in [5, 5.41) is 27.0. The first-order valence-corrected chi connectivity index (χ1v) is 16.5. The fourth-order valence-corrected chi connectivity index (χ4v) is 6.12. The second-order valence-corrected chi connectivity index (χ2v) is 12.4. The number of carbonyl (C=O) groups is 4. The Bertz CT molecular complexity index is 2180. The molecular formula is C39H43N5O7. The van der Waals surface area contributed by atoms with Crippen molar-refractivity contribution in [3.63, 3.8) is 0 Å². The summed E-state index contributed by atoms with van der Waals surface area (Å²) in [7, 11) is 0. The highest BCUT2D eigenvalue weighted by molar-refractivity contribution is 5.98. The summed E-state index contributed by atoms with van der Waals surface area (Å²) in [6, 6.07) is 7.88. The van der Waals surface area contributed by atoms with E-state index in [1.54, 1.807) is 6.08 Å². The Hall–Kier alpha value is -5.88. The van der Waals surface area contributed by atoms with Crippen molar-refractivity contribution in [1.82, 2.24) is 19.9 Å². The minimum absolute atomic E-state index is 0.0259. The van der Waals surface area contributed by atoms with E-state index in [9.17, 15) is 29.4 Å². The van der Waals surface area contributed by atoms with Crippen molar-refractivity contribution in [1.29, 1.82) is 0 Å². The fraction of sp³-hybridized carbons (Fsp3) is 0.282. The molecule has 3 aromatic rings. The Labute approximate surface area is 295 Å². The zero-order valence-corrected chi connectivity index (χ0v) is 29.3. The van der Waals surface area contributed by atoms with Crippen LogP contribution < -0.4 is 5.73 Å². The maximum absolute atomic E-state index is 11.5. The van der Waals surface area contributed by atoms with Gasteiger partial charge in [-0.15, -0.1) is 0 Å². The van der Waals surface area contributed by atoms with Crippen LogP contribution >= 0.6 is 0 Å². The molecular weight excluding hydrogens is 650 g/mol. The number of aliphatic carboxylic acids is 3. The Morgan fingerprint density at radius 2 is 1.20 bits per heavy atom. The maximum Gasteiger partial charge on any atom is 0.303 e. The van der Waals surface area contributed by atoms with Gasteiger partial charge >= 0.3 is 17.9 Å². The Morgan fingerprint density at radius 1 is 0.667 bits per heavy atom. The average Bonchev–Trinajstić information content (AvgIpc) is 3.74. The second-order valence-electron chi connectivity index (χ2n) is 12.4. The van der Waals surface area contributed by atoms with Crippen molar-refractivity contribution >= 4 is 74.1 Å². The van der Waals surface area contributed by atoms with Crippen LogP contribution in [0.3, 0.4) is 0 Å². The largest absolute Gasteiger partial charge is 0.481 e. The lowest BCUT2D eigenvalue weighted by Crippen LogP contribution is -2.14. The van der Waals surface area contributed by atoms with Gasteiger partial charge in [-0.3, -0.25) is 19.2 Å². The van der Waals surface area contributed by atoms with E-state index in [-0.39, 0.29) is 38.0 Å². The van der Waals surface area contributed by atoms with Gasteiger partial charge in [0.05, 0.1) is 35.7 Å². The molecule has 5 rings (SSSR count). The van der Waals surface area contributed by atoms with Crippen molar-refractivity contribution in [2.75, 3.05) is 6.54 Å². The van der Waals surface area contributed by atoms with E-state index in [1.165, 1.54) is 0 Å². The number of ketones is 1. The number of nitrogens with two attached hydrogens (primary N) is 1. The zero-order chi connectivity index (χ0) is 37.6. The third-order valence-corrected chi connectivity index (χ3v) is 9.07. The minimum Gasteiger partial charge on any atom is -0.481 e. The van der Waals surface area contributed by atoms with E-state index in [4.69, 9.17) is 20.8 Å². The van der Waals surface area contributed by atoms with Crippen LogP contribution in [0.4, 0.5) is 0 Å². The van der Waals surface area contributed by atoms with Crippen molar-refractivity contribution in [2.24, 2.45) is 5.73 Å². The van der Waals surface area contributed by atoms with Crippen LogP contribution in [0.5, 0.6) is 0 Å². The second kappa shape index (κ2) is 16.2. The van der Waals surface area contributed by atoms with Crippen LogP contribution in [0.15, 0.2) is 43.5 Å². The number of H-pyrrole nitrogens is 2. The number of carboxylic acids is 3. The molecule has 0 aliphatic carbocycles. The molecule has 0 saturated carbocycles. The molecule has 0 atom stereocenters. The first-order chi connectivity index (χ1) is 24.2. The number of aromatic amines is 2. The van der Waals surface area contributed by atoms with Crippen molar-refractivity contribution < 1.29 is 34.5 Å². The van der Waals surface area contributed by atoms with Gasteiger partial charge in [0.25, 0.3) is 0 Å². The number of aryl methyl sites for hydroxylation is 3. The SMILES string of the molecule is C=CC1=C(C)c2cc3[nH]c(cc4nc(cc5[nH]c(cc1n2)c(C)c5CCC(=O)O)C(CCC(=O)O)=C4C)c(C)c3C=C.NCC(=O)CCC(=O)O. The van der Waals surface area contributed by atoms with Crippen LogP contribution in [0.1, 0.15) is 91.0 Å². The molecule has 0 spiro atoms. The van der Waals surface area contributed by atoms with Gasteiger partial charge in [0, 0.05) is 52.5 Å². The molecule has 7 N–H and O–H groups in total. The number of carbonyl (C=O) groups excluding carboxylic acids is 1. The summed E-state index contributed by atoms with van der Waals surface area (Å²) >= 11 is 0. The average molecular weight is 694 g/mol. The topological polar surface area (TPSA) is 212 Å². The van der Waals surface area contributed by atoms with Crippen molar-refractivity contribution in [2.45, 2.75) is 66.2 Å². The quantitative estimate of drug-likeness (QED) is 0.116. The number of hydrogen-bond acceptors (Lipinski definition) is 7. The first kappa shape index (κ1) is 37.9. The summed E-state index contributed by atoms with van der Waals surface area (Å²) in [4.78, 5) is 60.2. The molecule has 2 aliphatic heterocycles. The van der Waals surface area contributed by atoms with E-state index in [1.807, 2.05) is 58.0 Å².